The lowest BCUT2D eigenvalue weighted by molar-refractivity contribution is 0.200. The van der Waals surface area contributed by atoms with Crippen LogP contribution in [-0.4, -0.2) is 23.1 Å². The molecule has 0 saturated carbocycles. The molecule has 2 aromatic rings. The van der Waals surface area contributed by atoms with Crippen molar-refractivity contribution < 1.29 is 9.47 Å². The maximum Gasteiger partial charge on any atom is 0.298 e. The predicted octanol–water partition coefficient (Wildman–Crippen LogP) is 3.48. The molecule has 4 nitrogen and oxygen atoms in total. The second-order valence-corrected chi connectivity index (χ2v) is 4.88. The van der Waals surface area contributed by atoms with Gasteiger partial charge in [-0.15, -0.1) is 0 Å². The smallest absolute Gasteiger partial charge is 0.298 e. The Hall–Kier alpha value is -1.17. The van der Waals surface area contributed by atoms with Crippen molar-refractivity contribution in [3.8, 4) is 10.9 Å². The van der Waals surface area contributed by atoms with Crippen LogP contribution < -0.4 is 4.74 Å². The molecule has 0 spiro atoms. The number of rotatable bonds is 5. The fraction of sp³-hybridized carbons (Fsp3) is 0.333. The first kappa shape index (κ1) is 13.3. The molecule has 1 aromatic carbocycles. The van der Waals surface area contributed by atoms with Crippen LogP contribution >= 0.6 is 23.1 Å². The molecule has 1 heterocycles. The Bertz CT molecular complexity index is 531. The van der Waals surface area contributed by atoms with Gasteiger partial charge in [0, 0.05) is 25.1 Å². The Kier molecular flexibility index (Phi) is 4.52. The van der Waals surface area contributed by atoms with Gasteiger partial charge in [0.25, 0.3) is 5.19 Å². The maximum absolute atomic E-state index is 6.05. The van der Waals surface area contributed by atoms with Crippen molar-refractivity contribution in [1.29, 1.82) is 0 Å². The molecule has 96 valence electrons. The minimum Gasteiger partial charge on any atom is -0.428 e. The van der Waals surface area contributed by atoms with E-state index in [9.17, 15) is 0 Å². The van der Waals surface area contributed by atoms with E-state index in [0.29, 0.717) is 29.0 Å². The van der Waals surface area contributed by atoms with Crippen LogP contribution in [0.15, 0.2) is 18.2 Å². The van der Waals surface area contributed by atoms with Gasteiger partial charge in [0.05, 0.1) is 11.6 Å². The summed E-state index contributed by atoms with van der Waals surface area (Å²) in [6, 6.07) is 5.61. The van der Waals surface area contributed by atoms with E-state index in [-0.39, 0.29) is 0 Å². The molecule has 18 heavy (non-hydrogen) atoms. The van der Waals surface area contributed by atoms with E-state index >= 15 is 0 Å². The average Bonchev–Trinajstić information content (AvgIpc) is 2.79. The van der Waals surface area contributed by atoms with Gasteiger partial charge in [0.15, 0.2) is 0 Å². The molecule has 1 aromatic heterocycles. The third-order valence-corrected chi connectivity index (χ3v) is 3.21. The molecular formula is C12H13ClN2O2S. The number of ether oxygens (including phenoxy) is 2. The second kappa shape index (κ2) is 6.13. The number of methoxy groups -OCH3 is 1. The first-order chi connectivity index (χ1) is 8.69. The summed E-state index contributed by atoms with van der Waals surface area (Å²) in [6.45, 7) is 2.58. The standard InChI is InChI=1S/C12H13ClN2O2S/c1-8-3-4-9(13)10(7-8)17-12-14-11(15-18-12)5-6-16-2/h3-4,7H,5-6H2,1-2H3. The maximum atomic E-state index is 6.05. The van der Waals surface area contributed by atoms with Crippen molar-refractivity contribution >= 4 is 23.1 Å². The van der Waals surface area contributed by atoms with Crippen LogP contribution in [0, 0.1) is 6.92 Å². The zero-order chi connectivity index (χ0) is 13.0. The molecule has 6 heteroatoms. The van der Waals surface area contributed by atoms with E-state index < -0.39 is 0 Å². The lowest BCUT2D eigenvalue weighted by atomic mass is 10.2. The molecular weight excluding hydrogens is 272 g/mol. The summed E-state index contributed by atoms with van der Waals surface area (Å²) in [5.74, 6) is 1.33. The van der Waals surface area contributed by atoms with E-state index in [1.165, 1.54) is 11.5 Å². The van der Waals surface area contributed by atoms with Crippen LogP contribution in [0.5, 0.6) is 10.9 Å². The van der Waals surface area contributed by atoms with Gasteiger partial charge in [-0.1, -0.05) is 17.7 Å². The SMILES string of the molecule is COCCc1nsc(Oc2cc(C)ccc2Cl)n1. The molecule has 0 bridgehead atoms. The van der Waals surface area contributed by atoms with Crippen LogP contribution in [-0.2, 0) is 11.2 Å². The summed E-state index contributed by atoms with van der Waals surface area (Å²) >= 11 is 7.26. The van der Waals surface area contributed by atoms with E-state index in [4.69, 9.17) is 21.1 Å². The molecule has 0 amide bonds. The van der Waals surface area contributed by atoms with Crippen molar-refractivity contribution in [3.05, 3.63) is 34.6 Å². The molecule has 0 fully saturated rings. The van der Waals surface area contributed by atoms with Crippen LogP contribution in [0.4, 0.5) is 0 Å². The monoisotopic (exact) mass is 284 g/mol. The Morgan fingerprint density at radius 3 is 3.00 bits per heavy atom. The molecule has 0 N–H and O–H groups in total. The molecule has 0 saturated heterocycles. The molecule has 0 unspecified atom stereocenters. The Labute approximate surface area is 115 Å². The van der Waals surface area contributed by atoms with Crippen LogP contribution in [0.2, 0.25) is 5.02 Å². The van der Waals surface area contributed by atoms with E-state index in [1.54, 1.807) is 13.2 Å². The number of halogens is 1. The van der Waals surface area contributed by atoms with Gasteiger partial charge in [-0.2, -0.15) is 9.36 Å². The molecule has 0 atom stereocenters. The zero-order valence-corrected chi connectivity index (χ0v) is 11.7. The Morgan fingerprint density at radius 1 is 1.39 bits per heavy atom. The lowest BCUT2D eigenvalue weighted by Crippen LogP contribution is -1.96. The molecule has 0 aliphatic rings. The number of hydrogen-bond acceptors (Lipinski definition) is 5. The summed E-state index contributed by atoms with van der Waals surface area (Å²) in [5, 5.41) is 1.06. The number of benzene rings is 1. The van der Waals surface area contributed by atoms with Crippen LogP contribution in [0.1, 0.15) is 11.4 Å². The highest BCUT2D eigenvalue weighted by Gasteiger charge is 2.08. The Morgan fingerprint density at radius 2 is 2.22 bits per heavy atom. The third-order valence-electron chi connectivity index (χ3n) is 2.26. The highest BCUT2D eigenvalue weighted by molar-refractivity contribution is 7.07. The first-order valence-corrected chi connectivity index (χ1v) is 6.59. The van der Waals surface area contributed by atoms with Crippen molar-refractivity contribution in [1.82, 2.24) is 9.36 Å². The normalized spacial score (nSPS) is 10.6. The topological polar surface area (TPSA) is 44.2 Å². The summed E-state index contributed by atoms with van der Waals surface area (Å²) < 4.78 is 14.8. The second-order valence-electron chi connectivity index (χ2n) is 3.76. The summed E-state index contributed by atoms with van der Waals surface area (Å²) in [6.07, 6.45) is 0.678. The third kappa shape index (κ3) is 3.41. The fourth-order valence-corrected chi connectivity index (χ4v) is 2.10. The van der Waals surface area contributed by atoms with Gasteiger partial charge >= 0.3 is 0 Å². The van der Waals surface area contributed by atoms with Crippen LogP contribution in [0.25, 0.3) is 0 Å². The molecule has 0 aliphatic carbocycles. The van der Waals surface area contributed by atoms with Crippen molar-refractivity contribution in [2.24, 2.45) is 0 Å². The van der Waals surface area contributed by atoms with E-state index in [0.717, 1.165) is 11.4 Å². The molecule has 0 radical (unpaired) electrons. The summed E-state index contributed by atoms with van der Waals surface area (Å²) in [4.78, 5) is 4.26. The van der Waals surface area contributed by atoms with Gasteiger partial charge in [-0.05, 0) is 24.6 Å². The van der Waals surface area contributed by atoms with Crippen molar-refractivity contribution in [2.75, 3.05) is 13.7 Å². The van der Waals surface area contributed by atoms with E-state index in [2.05, 4.69) is 9.36 Å². The van der Waals surface area contributed by atoms with Crippen LogP contribution in [0.3, 0.4) is 0 Å². The predicted molar refractivity (Wildman–Crippen MR) is 71.8 cm³/mol. The molecule has 2 rings (SSSR count). The van der Waals surface area contributed by atoms with E-state index in [1.807, 2.05) is 19.1 Å². The van der Waals surface area contributed by atoms with Gasteiger partial charge in [-0.3, -0.25) is 0 Å². The number of hydrogen-bond donors (Lipinski definition) is 0. The first-order valence-electron chi connectivity index (χ1n) is 5.44. The highest BCUT2D eigenvalue weighted by Crippen LogP contribution is 2.30. The minimum atomic E-state index is 0.494. The largest absolute Gasteiger partial charge is 0.428 e. The van der Waals surface area contributed by atoms with Crippen molar-refractivity contribution in [2.45, 2.75) is 13.3 Å². The fourth-order valence-electron chi connectivity index (χ4n) is 1.36. The number of nitrogens with zero attached hydrogens (tertiary/aromatic N) is 2. The van der Waals surface area contributed by atoms with Gasteiger partial charge in [0.1, 0.15) is 11.6 Å². The summed E-state index contributed by atoms with van der Waals surface area (Å²) in [5.41, 5.74) is 1.08. The summed E-state index contributed by atoms with van der Waals surface area (Å²) in [7, 11) is 1.65. The minimum absolute atomic E-state index is 0.494. The average molecular weight is 285 g/mol. The lowest BCUT2D eigenvalue weighted by Gasteiger charge is -2.04. The van der Waals surface area contributed by atoms with Gasteiger partial charge in [-0.25, -0.2) is 0 Å². The molecule has 0 aliphatic heterocycles. The number of aromatic nitrogens is 2. The quantitative estimate of drug-likeness (QED) is 0.843. The number of aryl methyl sites for hydroxylation is 1. The van der Waals surface area contributed by atoms with Crippen molar-refractivity contribution in [3.63, 3.8) is 0 Å². The van der Waals surface area contributed by atoms with Gasteiger partial charge in [0.2, 0.25) is 0 Å². The highest BCUT2D eigenvalue weighted by atomic mass is 35.5. The Balaban J connectivity index is 2.08. The zero-order valence-electron chi connectivity index (χ0n) is 10.1. The van der Waals surface area contributed by atoms with Gasteiger partial charge < -0.3 is 9.47 Å².